The van der Waals surface area contributed by atoms with Crippen molar-refractivity contribution in [1.82, 2.24) is 10.2 Å². The highest BCUT2D eigenvalue weighted by molar-refractivity contribution is 5.92. The van der Waals surface area contributed by atoms with Gasteiger partial charge in [-0.3, -0.25) is 4.79 Å². The van der Waals surface area contributed by atoms with Gasteiger partial charge in [0.05, 0.1) is 12.1 Å². The van der Waals surface area contributed by atoms with Crippen LogP contribution in [-0.2, 0) is 19.1 Å². The first kappa shape index (κ1) is 22.2. The summed E-state index contributed by atoms with van der Waals surface area (Å²) in [7, 11) is 0. The molecule has 1 unspecified atom stereocenters. The van der Waals surface area contributed by atoms with Gasteiger partial charge in [-0.15, -0.1) is 0 Å². The average molecular weight is 463 g/mol. The lowest BCUT2D eigenvalue weighted by Crippen LogP contribution is -2.44. The number of fused-ring (bicyclic) bond motifs is 4. The molecule has 0 aromatic heterocycles. The van der Waals surface area contributed by atoms with Crippen molar-refractivity contribution in [3.63, 3.8) is 0 Å². The Hall–Kier alpha value is -3.65. The van der Waals surface area contributed by atoms with Crippen molar-refractivity contribution in [3.8, 4) is 11.1 Å². The lowest BCUT2D eigenvalue weighted by molar-refractivity contribution is -0.147. The van der Waals surface area contributed by atoms with E-state index in [1.165, 1.54) is 17.1 Å². The Bertz CT molecular complexity index is 1100. The molecule has 3 atom stereocenters. The van der Waals surface area contributed by atoms with Crippen LogP contribution in [0.25, 0.3) is 11.1 Å². The number of likely N-dealkylation sites (tertiary alicyclic amines) is 1. The number of carbonyl (C=O) groups is 3. The highest BCUT2D eigenvalue weighted by Crippen LogP contribution is 2.44. The molecule has 2 amide bonds. The van der Waals surface area contributed by atoms with Gasteiger partial charge < -0.3 is 24.8 Å². The minimum absolute atomic E-state index is 0.0278. The summed E-state index contributed by atoms with van der Waals surface area (Å²) < 4.78 is 11.0. The monoisotopic (exact) mass is 462 g/mol. The Morgan fingerprint density at radius 3 is 2.44 bits per heavy atom. The van der Waals surface area contributed by atoms with Gasteiger partial charge in [0.2, 0.25) is 5.91 Å². The van der Waals surface area contributed by atoms with Gasteiger partial charge in [0.1, 0.15) is 12.6 Å². The Morgan fingerprint density at radius 2 is 1.76 bits per heavy atom. The van der Waals surface area contributed by atoms with Gasteiger partial charge in [-0.1, -0.05) is 54.6 Å². The highest BCUT2D eigenvalue weighted by Gasteiger charge is 2.49. The van der Waals surface area contributed by atoms with E-state index in [2.05, 4.69) is 29.6 Å². The van der Waals surface area contributed by atoms with Gasteiger partial charge >= 0.3 is 12.1 Å². The summed E-state index contributed by atoms with van der Waals surface area (Å²) in [6.07, 6.45) is 2.95. The van der Waals surface area contributed by atoms with E-state index >= 15 is 0 Å². The predicted octanol–water partition coefficient (Wildman–Crippen LogP) is 2.92. The number of nitrogens with one attached hydrogen (secondary N) is 1. The zero-order chi connectivity index (χ0) is 23.7. The number of carboxylic acids is 1. The standard InChI is InChI=1S/C26H26N2O6/c29-24(28-21-11-13-33-23(21)14-22(28)25(30)31)10-5-12-27-26(32)34-15-20-18-8-3-1-6-16(18)17-7-2-4-9-19(17)20/h1-10,20-23H,11-15H2,(H,27,32)(H,30,31)/b10-5+/t21-,22?,23-/m1/s1. The van der Waals surface area contributed by atoms with E-state index in [9.17, 15) is 19.5 Å². The van der Waals surface area contributed by atoms with Gasteiger partial charge in [0.25, 0.3) is 0 Å². The molecule has 2 heterocycles. The Labute approximate surface area is 197 Å². The molecule has 2 aliphatic heterocycles. The number of carboxylic acid groups (broad SMARTS) is 1. The lowest BCUT2D eigenvalue weighted by Gasteiger charge is -2.25. The third-order valence-electron chi connectivity index (χ3n) is 6.83. The maximum absolute atomic E-state index is 12.7. The van der Waals surface area contributed by atoms with Crippen LogP contribution < -0.4 is 5.32 Å². The molecule has 8 nitrogen and oxygen atoms in total. The summed E-state index contributed by atoms with van der Waals surface area (Å²) in [5, 5.41) is 12.1. The van der Waals surface area contributed by atoms with Crippen molar-refractivity contribution < 1.29 is 29.0 Å². The van der Waals surface area contributed by atoms with Gasteiger partial charge in [0.15, 0.2) is 0 Å². The third-order valence-corrected chi connectivity index (χ3v) is 6.83. The summed E-state index contributed by atoms with van der Waals surface area (Å²) in [5.41, 5.74) is 4.58. The van der Waals surface area contributed by atoms with Crippen LogP contribution in [0.2, 0.25) is 0 Å². The number of hydrogen-bond donors (Lipinski definition) is 2. The normalized spacial score (nSPS) is 22.9. The number of benzene rings is 2. The summed E-state index contributed by atoms with van der Waals surface area (Å²) >= 11 is 0. The molecule has 0 saturated carbocycles. The van der Waals surface area contributed by atoms with E-state index in [0.29, 0.717) is 19.4 Å². The molecular formula is C26H26N2O6. The second kappa shape index (κ2) is 9.30. The summed E-state index contributed by atoms with van der Waals surface area (Å²) in [6, 6.07) is 15.1. The molecule has 0 spiro atoms. The van der Waals surface area contributed by atoms with Gasteiger partial charge in [0, 0.05) is 31.6 Å². The molecule has 2 saturated heterocycles. The van der Waals surface area contributed by atoms with E-state index in [1.807, 2.05) is 24.3 Å². The second-order valence-electron chi connectivity index (χ2n) is 8.71. The summed E-state index contributed by atoms with van der Waals surface area (Å²) in [5.74, 6) is -1.45. The topological polar surface area (TPSA) is 105 Å². The molecule has 2 fully saturated rings. The molecule has 1 aliphatic carbocycles. The summed E-state index contributed by atoms with van der Waals surface area (Å²) in [4.78, 5) is 37.9. The maximum Gasteiger partial charge on any atom is 0.407 e. The van der Waals surface area contributed by atoms with E-state index in [0.717, 1.165) is 22.3 Å². The first-order chi connectivity index (χ1) is 16.5. The molecule has 0 bridgehead atoms. The quantitative estimate of drug-likeness (QED) is 0.640. The zero-order valence-corrected chi connectivity index (χ0v) is 18.6. The molecule has 2 aromatic rings. The predicted molar refractivity (Wildman–Crippen MR) is 123 cm³/mol. The fraction of sp³-hybridized carbons (Fsp3) is 0.346. The molecule has 34 heavy (non-hydrogen) atoms. The lowest BCUT2D eigenvalue weighted by atomic mass is 9.98. The van der Waals surface area contributed by atoms with Crippen molar-refractivity contribution in [2.75, 3.05) is 19.8 Å². The van der Waals surface area contributed by atoms with Crippen LogP contribution in [0.5, 0.6) is 0 Å². The Morgan fingerprint density at radius 1 is 1.09 bits per heavy atom. The third kappa shape index (κ3) is 4.05. The van der Waals surface area contributed by atoms with Gasteiger partial charge in [-0.05, 0) is 28.7 Å². The second-order valence-corrected chi connectivity index (χ2v) is 8.71. The number of aliphatic carboxylic acids is 1. The molecule has 0 radical (unpaired) electrons. The zero-order valence-electron chi connectivity index (χ0n) is 18.6. The van der Waals surface area contributed by atoms with Crippen molar-refractivity contribution in [2.45, 2.75) is 36.9 Å². The first-order valence-electron chi connectivity index (χ1n) is 11.5. The summed E-state index contributed by atoms with van der Waals surface area (Å²) in [6.45, 7) is 0.830. The Balaban J connectivity index is 1.14. The molecule has 2 N–H and O–H groups in total. The molecule has 8 heteroatoms. The number of carbonyl (C=O) groups excluding carboxylic acids is 2. The van der Waals surface area contributed by atoms with Gasteiger partial charge in [-0.2, -0.15) is 0 Å². The fourth-order valence-corrected chi connectivity index (χ4v) is 5.32. The van der Waals surface area contributed by atoms with E-state index in [1.54, 1.807) is 0 Å². The minimum Gasteiger partial charge on any atom is -0.480 e. The van der Waals surface area contributed by atoms with Crippen LogP contribution in [0.4, 0.5) is 4.79 Å². The van der Waals surface area contributed by atoms with Crippen LogP contribution in [0.15, 0.2) is 60.7 Å². The van der Waals surface area contributed by atoms with Crippen LogP contribution in [-0.4, -0.2) is 65.9 Å². The largest absolute Gasteiger partial charge is 0.480 e. The molecule has 176 valence electrons. The van der Waals surface area contributed by atoms with Crippen LogP contribution in [0.1, 0.15) is 29.9 Å². The number of nitrogens with zero attached hydrogens (tertiary/aromatic N) is 1. The van der Waals surface area contributed by atoms with Crippen LogP contribution in [0.3, 0.4) is 0 Å². The van der Waals surface area contributed by atoms with E-state index in [4.69, 9.17) is 9.47 Å². The molecule has 5 rings (SSSR count). The van der Waals surface area contributed by atoms with E-state index < -0.39 is 18.1 Å². The van der Waals surface area contributed by atoms with Crippen molar-refractivity contribution in [2.24, 2.45) is 0 Å². The number of ether oxygens (including phenoxy) is 2. The van der Waals surface area contributed by atoms with Crippen molar-refractivity contribution in [1.29, 1.82) is 0 Å². The minimum atomic E-state index is -1.03. The first-order valence-corrected chi connectivity index (χ1v) is 11.5. The Kier molecular flexibility index (Phi) is 6.06. The average Bonchev–Trinajstić information content (AvgIpc) is 3.52. The molecule has 2 aromatic carbocycles. The van der Waals surface area contributed by atoms with Crippen LogP contribution in [0, 0.1) is 0 Å². The fourth-order valence-electron chi connectivity index (χ4n) is 5.32. The molecular weight excluding hydrogens is 436 g/mol. The van der Waals surface area contributed by atoms with Crippen molar-refractivity contribution in [3.05, 3.63) is 71.8 Å². The molecule has 3 aliphatic rings. The number of amides is 2. The van der Waals surface area contributed by atoms with Crippen LogP contribution >= 0.6 is 0 Å². The highest BCUT2D eigenvalue weighted by atomic mass is 16.5. The maximum atomic E-state index is 12.7. The van der Waals surface area contributed by atoms with E-state index in [-0.39, 0.29) is 37.1 Å². The number of alkyl carbamates (subject to hydrolysis) is 1. The number of rotatable bonds is 6. The smallest absolute Gasteiger partial charge is 0.407 e. The van der Waals surface area contributed by atoms with Gasteiger partial charge in [-0.25, -0.2) is 9.59 Å². The number of hydrogen-bond acceptors (Lipinski definition) is 5. The SMILES string of the molecule is O=C(NC/C=C/C(=O)N1C(C(=O)O)C[C@H]2OCC[C@H]21)OCC1c2ccccc2-c2ccccc21. The van der Waals surface area contributed by atoms with Crippen molar-refractivity contribution >= 4 is 18.0 Å².